The minimum atomic E-state index is 0. The van der Waals surface area contributed by atoms with Crippen LogP contribution in [-0.4, -0.2) is 77.9 Å². The number of aliphatic imine (C=N–C) groups is 1. The summed E-state index contributed by atoms with van der Waals surface area (Å²) in [6.45, 7) is 7.93. The van der Waals surface area contributed by atoms with Gasteiger partial charge in [-0.05, 0) is 89.6 Å². The van der Waals surface area contributed by atoms with Gasteiger partial charge in [0, 0.05) is 31.5 Å². The Morgan fingerprint density at radius 3 is 2.55 bits per heavy atom. The summed E-state index contributed by atoms with van der Waals surface area (Å²) >= 11 is 0. The van der Waals surface area contributed by atoms with E-state index in [4.69, 9.17) is 0 Å². The van der Waals surface area contributed by atoms with Crippen molar-refractivity contribution in [1.29, 1.82) is 0 Å². The summed E-state index contributed by atoms with van der Waals surface area (Å²) in [6.07, 6.45) is 10.2. The van der Waals surface area contributed by atoms with Crippen LogP contribution in [0.3, 0.4) is 0 Å². The van der Waals surface area contributed by atoms with Gasteiger partial charge in [0.15, 0.2) is 5.96 Å². The third-order valence-corrected chi connectivity index (χ3v) is 7.25. The van der Waals surface area contributed by atoms with Crippen LogP contribution in [0, 0.1) is 0 Å². The van der Waals surface area contributed by atoms with E-state index in [0.717, 1.165) is 18.2 Å². The smallest absolute Gasteiger partial charge is 0.191 e. The number of aromatic nitrogens is 2. The average Bonchev–Trinajstić information content (AvgIpc) is 3.39. The number of hydrogen-bond acceptors (Lipinski definition) is 4. The Hall–Kier alpha value is -1.65. The summed E-state index contributed by atoms with van der Waals surface area (Å²) in [5.41, 5.74) is 2.51. The van der Waals surface area contributed by atoms with Crippen LogP contribution in [-0.2, 0) is 0 Å². The Balaban J connectivity index is 0.00000306. The van der Waals surface area contributed by atoms with Gasteiger partial charge in [-0.1, -0.05) is 18.6 Å². The second-order valence-electron chi connectivity index (χ2n) is 9.41. The molecule has 2 fully saturated rings. The lowest BCUT2D eigenvalue weighted by atomic mass is 9.84. The van der Waals surface area contributed by atoms with E-state index >= 15 is 0 Å². The van der Waals surface area contributed by atoms with Crippen molar-refractivity contribution in [3.8, 4) is 5.69 Å². The van der Waals surface area contributed by atoms with Gasteiger partial charge in [-0.2, -0.15) is 5.10 Å². The predicted molar refractivity (Wildman–Crippen MR) is 147 cm³/mol. The Morgan fingerprint density at radius 2 is 1.88 bits per heavy atom. The Labute approximate surface area is 216 Å². The fourth-order valence-corrected chi connectivity index (χ4v) is 5.10. The number of likely N-dealkylation sites (tertiary alicyclic amines) is 2. The van der Waals surface area contributed by atoms with E-state index in [2.05, 4.69) is 68.8 Å². The monoisotopic (exact) mass is 565 g/mol. The molecule has 0 spiro atoms. The van der Waals surface area contributed by atoms with Crippen LogP contribution in [0.4, 0.5) is 0 Å². The maximum Gasteiger partial charge on any atom is 0.191 e. The molecule has 2 saturated heterocycles. The second-order valence-corrected chi connectivity index (χ2v) is 9.41. The summed E-state index contributed by atoms with van der Waals surface area (Å²) in [7, 11) is 4.11. The van der Waals surface area contributed by atoms with Crippen molar-refractivity contribution in [3.63, 3.8) is 0 Å². The zero-order chi connectivity index (χ0) is 22.4. The van der Waals surface area contributed by atoms with E-state index in [9.17, 15) is 0 Å². The molecule has 4 rings (SSSR count). The van der Waals surface area contributed by atoms with Crippen LogP contribution in [0.25, 0.3) is 5.69 Å². The Bertz CT molecular complexity index is 869. The number of nitrogens with one attached hydrogen (secondary N) is 2. The lowest BCUT2D eigenvalue weighted by Gasteiger charge is -2.50. The molecule has 182 valence electrons. The summed E-state index contributed by atoms with van der Waals surface area (Å²) in [4.78, 5) is 9.78. The van der Waals surface area contributed by atoms with Crippen molar-refractivity contribution in [1.82, 2.24) is 30.2 Å². The van der Waals surface area contributed by atoms with Crippen LogP contribution < -0.4 is 10.6 Å². The minimum absolute atomic E-state index is 0. The molecule has 1 aromatic carbocycles. The molecule has 0 saturated carbocycles. The molecule has 0 amide bonds. The zero-order valence-corrected chi connectivity index (χ0v) is 22.7. The highest BCUT2D eigenvalue weighted by molar-refractivity contribution is 14.0. The second kappa shape index (κ2) is 12.2. The van der Waals surface area contributed by atoms with Gasteiger partial charge in [0.05, 0.1) is 11.7 Å². The van der Waals surface area contributed by atoms with E-state index in [0.29, 0.717) is 0 Å². The van der Waals surface area contributed by atoms with E-state index in [1.165, 1.54) is 63.8 Å². The number of halogens is 1. The highest BCUT2D eigenvalue weighted by Gasteiger charge is 2.39. The fraction of sp³-hybridized carbons (Fsp3) is 0.600. The number of nitrogens with zero attached hydrogens (tertiary/aromatic N) is 5. The lowest BCUT2D eigenvalue weighted by molar-refractivity contribution is 0.0173. The van der Waals surface area contributed by atoms with Gasteiger partial charge >= 0.3 is 0 Å². The van der Waals surface area contributed by atoms with Gasteiger partial charge in [-0.3, -0.25) is 9.89 Å². The first-order valence-corrected chi connectivity index (χ1v) is 12.1. The highest BCUT2D eigenvalue weighted by atomic mass is 127. The Morgan fingerprint density at radius 1 is 1.12 bits per heavy atom. The van der Waals surface area contributed by atoms with Crippen LogP contribution in [0.2, 0.25) is 0 Å². The molecule has 2 N–H and O–H groups in total. The summed E-state index contributed by atoms with van der Waals surface area (Å²) in [6, 6.07) is 10.6. The molecule has 1 atom stereocenters. The highest BCUT2D eigenvalue weighted by Crippen LogP contribution is 2.31. The summed E-state index contributed by atoms with van der Waals surface area (Å²) < 4.78 is 1.89. The quantitative estimate of drug-likeness (QED) is 0.318. The van der Waals surface area contributed by atoms with Crippen molar-refractivity contribution in [2.24, 2.45) is 4.99 Å². The van der Waals surface area contributed by atoms with Crippen LogP contribution in [0.15, 0.2) is 47.7 Å². The van der Waals surface area contributed by atoms with Crippen LogP contribution in [0.5, 0.6) is 0 Å². The van der Waals surface area contributed by atoms with Crippen molar-refractivity contribution in [2.45, 2.75) is 50.6 Å². The van der Waals surface area contributed by atoms with E-state index in [-0.39, 0.29) is 35.6 Å². The molecule has 1 unspecified atom stereocenters. The molecule has 2 aliphatic heterocycles. The van der Waals surface area contributed by atoms with Gasteiger partial charge in [-0.15, -0.1) is 24.0 Å². The normalized spacial score (nSPS) is 20.6. The molecular formula is C25H40IN7. The molecule has 1 aromatic heterocycles. The van der Waals surface area contributed by atoms with Gasteiger partial charge in [0.1, 0.15) is 0 Å². The first-order chi connectivity index (χ1) is 15.6. The summed E-state index contributed by atoms with van der Waals surface area (Å²) in [5, 5.41) is 11.7. The fourth-order valence-electron chi connectivity index (χ4n) is 5.10. The van der Waals surface area contributed by atoms with Crippen molar-refractivity contribution in [3.05, 3.63) is 48.3 Å². The van der Waals surface area contributed by atoms with Crippen molar-refractivity contribution >= 4 is 29.9 Å². The largest absolute Gasteiger partial charge is 0.355 e. The number of hydrogen-bond donors (Lipinski definition) is 2. The number of guanidine groups is 1. The molecule has 2 aromatic rings. The molecule has 3 heterocycles. The van der Waals surface area contributed by atoms with Crippen LogP contribution in [0.1, 0.15) is 50.6 Å². The van der Waals surface area contributed by atoms with E-state index in [1.54, 1.807) is 6.20 Å². The predicted octanol–water partition coefficient (Wildman–Crippen LogP) is 3.67. The molecule has 7 nitrogen and oxygen atoms in total. The maximum atomic E-state index is 4.55. The van der Waals surface area contributed by atoms with Gasteiger partial charge in [-0.25, -0.2) is 4.68 Å². The van der Waals surface area contributed by atoms with Crippen molar-refractivity contribution < 1.29 is 0 Å². The topological polar surface area (TPSA) is 60.7 Å². The maximum absolute atomic E-state index is 4.55. The molecule has 8 heteroatoms. The molecule has 33 heavy (non-hydrogen) atoms. The van der Waals surface area contributed by atoms with E-state index in [1.807, 2.05) is 24.0 Å². The molecule has 0 radical (unpaired) electrons. The number of rotatable bonds is 6. The molecule has 2 aliphatic rings. The minimum Gasteiger partial charge on any atom is -0.355 e. The van der Waals surface area contributed by atoms with Gasteiger partial charge in [0.2, 0.25) is 0 Å². The lowest BCUT2D eigenvalue weighted by Crippen LogP contribution is -2.62. The van der Waals surface area contributed by atoms with E-state index < -0.39 is 0 Å². The van der Waals surface area contributed by atoms with Crippen molar-refractivity contribution in [2.75, 3.05) is 46.8 Å². The molecule has 0 aliphatic carbocycles. The molecular weight excluding hydrogens is 525 g/mol. The summed E-state index contributed by atoms with van der Waals surface area (Å²) in [5.74, 6) is 0.873. The average molecular weight is 566 g/mol. The molecule has 0 bridgehead atoms. The first kappa shape index (κ1) is 26.0. The van der Waals surface area contributed by atoms with Crippen LogP contribution >= 0.6 is 24.0 Å². The Kier molecular flexibility index (Phi) is 9.57. The van der Waals surface area contributed by atoms with Gasteiger partial charge in [0.25, 0.3) is 0 Å². The number of piperidine rings is 2. The zero-order valence-electron chi connectivity index (χ0n) is 20.3. The SMILES string of the molecule is CN=C(NCC1(N2CCCCC2)CCN(C)CC1)NC(C)c1cccc(-n2cccn2)c1.I. The standard InChI is InChI=1S/C25H39N7.HI/c1-21(22-9-7-10-23(19-22)32-16-8-13-28-32)29-24(26-2)27-20-25(11-17-30(3)18-12-25)31-14-5-4-6-15-31;/h7-10,13,16,19,21H,4-6,11-12,14-15,17-18,20H2,1-3H3,(H2,26,27,29);1H. The first-order valence-electron chi connectivity index (χ1n) is 12.1. The van der Waals surface area contributed by atoms with Gasteiger partial charge < -0.3 is 15.5 Å². The third-order valence-electron chi connectivity index (χ3n) is 7.25. The third kappa shape index (κ3) is 6.48. The number of benzene rings is 1.